The third-order valence-corrected chi connectivity index (χ3v) is 7.87. The molecule has 3 heterocycles. The molecule has 1 aliphatic carbocycles. The fraction of sp³-hybridized carbons (Fsp3) is 0.400. The quantitative estimate of drug-likeness (QED) is 0.437. The predicted octanol–water partition coefficient (Wildman–Crippen LogP) is 4.35. The van der Waals surface area contributed by atoms with Gasteiger partial charge in [0.25, 0.3) is 11.8 Å². The van der Waals surface area contributed by atoms with Gasteiger partial charge in [-0.1, -0.05) is 23.8 Å². The largest absolute Gasteiger partial charge is 0.444 e. The molecular formula is C30H34ClN5O7S. The topological polar surface area (TPSA) is 157 Å². The maximum absolute atomic E-state index is 13.7. The maximum atomic E-state index is 13.7. The van der Waals surface area contributed by atoms with Gasteiger partial charge in [-0.3, -0.25) is 9.59 Å². The van der Waals surface area contributed by atoms with E-state index >= 15 is 0 Å². The van der Waals surface area contributed by atoms with Crippen LogP contribution in [0.3, 0.4) is 0 Å². The Balaban J connectivity index is 1.54. The van der Waals surface area contributed by atoms with Crippen molar-refractivity contribution < 1.29 is 32.3 Å². The van der Waals surface area contributed by atoms with Crippen LogP contribution in [0.25, 0.3) is 0 Å². The number of halogens is 1. The molecule has 2 aliphatic rings. The molecular weight excluding hydrogens is 610 g/mol. The van der Waals surface area contributed by atoms with Gasteiger partial charge in [-0.25, -0.2) is 14.8 Å². The Labute approximate surface area is 262 Å². The first-order valence-electron chi connectivity index (χ1n) is 13.9. The van der Waals surface area contributed by atoms with Crippen LogP contribution in [0.15, 0.2) is 53.8 Å². The molecule has 2 N–H and O–H groups in total. The van der Waals surface area contributed by atoms with Gasteiger partial charge in [-0.05, 0) is 77.3 Å². The second-order valence-electron chi connectivity index (χ2n) is 11.4. The second-order valence-corrected chi connectivity index (χ2v) is 12.7. The summed E-state index contributed by atoms with van der Waals surface area (Å²) >= 11 is 5.88. The number of allylic oxidation sites excluding steroid dienone is 2. The molecule has 3 amide bonds. The van der Waals surface area contributed by atoms with Crippen molar-refractivity contribution in [3.8, 4) is 0 Å². The highest BCUT2D eigenvalue weighted by molar-refractivity contribution is 7.73. The Hall–Kier alpha value is -4.07. The first-order valence-corrected chi connectivity index (χ1v) is 15.4. The van der Waals surface area contributed by atoms with E-state index in [1.807, 2.05) is 0 Å². The number of carbonyl (C=O) groups excluding carboxylic acids is 3. The summed E-state index contributed by atoms with van der Waals surface area (Å²) in [5, 5.41) is 5.73. The lowest BCUT2D eigenvalue weighted by atomic mass is 9.94. The van der Waals surface area contributed by atoms with Gasteiger partial charge >= 0.3 is 6.09 Å². The molecule has 1 saturated heterocycles. The van der Waals surface area contributed by atoms with Crippen molar-refractivity contribution in [2.24, 2.45) is 0 Å². The van der Waals surface area contributed by atoms with Gasteiger partial charge in [-0.2, -0.15) is 8.42 Å². The summed E-state index contributed by atoms with van der Waals surface area (Å²) in [4.78, 5) is 49.1. The summed E-state index contributed by atoms with van der Waals surface area (Å²) in [6, 6.07) is 6.25. The van der Waals surface area contributed by atoms with Crippen molar-refractivity contribution in [1.29, 1.82) is 0 Å². The lowest BCUT2D eigenvalue weighted by Crippen LogP contribution is -2.46. The molecule has 0 bridgehead atoms. The van der Waals surface area contributed by atoms with Crippen LogP contribution >= 0.6 is 11.6 Å². The second kappa shape index (κ2) is 13.7. The summed E-state index contributed by atoms with van der Waals surface area (Å²) in [5.74, 6) is -1.05. The molecule has 2 aromatic heterocycles. The van der Waals surface area contributed by atoms with E-state index in [1.165, 1.54) is 30.5 Å². The van der Waals surface area contributed by atoms with E-state index in [0.29, 0.717) is 42.2 Å². The molecule has 4 rings (SSSR count). The van der Waals surface area contributed by atoms with Crippen molar-refractivity contribution in [3.63, 3.8) is 0 Å². The van der Waals surface area contributed by atoms with Crippen molar-refractivity contribution >= 4 is 56.2 Å². The number of piperidine rings is 1. The van der Waals surface area contributed by atoms with Crippen LogP contribution in [0, 0.1) is 6.92 Å². The fourth-order valence-corrected chi connectivity index (χ4v) is 5.42. The first kappa shape index (κ1) is 32.8. The Morgan fingerprint density at radius 1 is 1.00 bits per heavy atom. The number of aryl methyl sites for hydroxylation is 1. The Morgan fingerprint density at radius 2 is 1.70 bits per heavy atom. The number of anilines is 2. The summed E-state index contributed by atoms with van der Waals surface area (Å²) in [6.45, 7) is 9.38. The Bertz CT molecular complexity index is 1650. The third-order valence-electron chi connectivity index (χ3n) is 6.75. The third kappa shape index (κ3) is 8.30. The Kier molecular flexibility index (Phi) is 10.2. The summed E-state index contributed by atoms with van der Waals surface area (Å²) in [7, 11) is -2.69. The van der Waals surface area contributed by atoms with Crippen LogP contribution in [-0.4, -0.2) is 77.0 Å². The van der Waals surface area contributed by atoms with Crippen molar-refractivity contribution in [3.05, 3.63) is 70.2 Å². The lowest BCUT2D eigenvalue weighted by molar-refractivity contribution is -0.114. The number of amides is 3. The van der Waals surface area contributed by atoms with E-state index in [2.05, 4.69) is 20.6 Å². The van der Waals surface area contributed by atoms with Gasteiger partial charge in [0.1, 0.15) is 22.4 Å². The zero-order chi connectivity index (χ0) is 32.2. The number of nitrogens with zero attached hydrogens (tertiary/aromatic N) is 3. The van der Waals surface area contributed by atoms with Crippen LogP contribution in [-0.2, 0) is 24.6 Å². The number of carbonyl (C=O) groups is 3. The van der Waals surface area contributed by atoms with E-state index in [9.17, 15) is 22.8 Å². The molecule has 1 fully saturated rings. The molecule has 2 aromatic rings. The number of rotatable bonds is 6. The molecule has 12 nitrogen and oxygen atoms in total. The first-order chi connectivity index (χ1) is 20.7. The number of ether oxygens (including phenoxy) is 2. The van der Waals surface area contributed by atoms with Gasteiger partial charge in [0.2, 0.25) is 10.3 Å². The van der Waals surface area contributed by atoms with Crippen LogP contribution in [0.2, 0.25) is 5.02 Å². The molecule has 0 radical (unpaired) electrons. The average Bonchev–Trinajstić information content (AvgIpc) is 2.94. The van der Waals surface area contributed by atoms with Crippen LogP contribution in [0.5, 0.6) is 0 Å². The molecule has 14 heteroatoms. The minimum Gasteiger partial charge on any atom is -0.444 e. The molecule has 0 spiro atoms. The highest BCUT2D eigenvalue weighted by Gasteiger charge is 2.36. The monoisotopic (exact) mass is 643 g/mol. The summed E-state index contributed by atoms with van der Waals surface area (Å²) < 4.78 is 36.4. The van der Waals surface area contributed by atoms with Gasteiger partial charge < -0.3 is 25.0 Å². The molecule has 1 aliphatic heterocycles. The fourth-order valence-electron chi connectivity index (χ4n) is 4.62. The summed E-state index contributed by atoms with van der Waals surface area (Å²) in [5.41, 5.74) is 0.402. The van der Waals surface area contributed by atoms with Crippen molar-refractivity contribution in [2.45, 2.75) is 65.3 Å². The predicted molar refractivity (Wildman–Crippen MR) is 166 cm³/mol. The summed E-state index contributed by atoms with van der Waals surface area (Å²) in [6.07, 6.45) is 3.16. The molecule has 1 atom stereocenters. The van der Waals surface area contributed by atoms with Gasteiger partial charge in [-0.15, -0.1) is 0 Å². The van der Waals surface area contributed by atoms with E-state index in [-0.39, 0.29) is 27.6 Å². The molecule has 234 valence electrons. The van der Waals surface area contributed by atoms with E-state index in [0.717, 1.165) is 0 Å². The van der Waals surface area contributed by atoms with Gasteiger partial charge in [0, 0.05) is 25.0 Å². The number of aromatic nitrogens is 2. The van der Waals surface area contributed by atoms with Crippen molar-refractivity contribution in [1.82, 2.24) is 14.9 Å². The Morgan fingerprint density at radius 3 is 2.32 bits per heavy atom. The van der Waals surface area contributed by atoms with E-state index < -0.39 is 46.0 Å². The van der Waals surface area contributed by atoms with Crippen LogP contribution in [0.4, 0.5) is 16.3 Å². The highest BCUT2D eigenvalue weighted by Crippen LogP contribution is 2.27. The zero-order valence-corrected chi connectivity index (χ0v) is 26.6. The number of hydrogen-bond donors (Lipinski definition) is 2. The van der Waals surface area contributed by atoms with Gasteiger partial charge in [0.15, 0.2) is 5.69 Å². The standard InChI is InChI=1S/C30H34ClN5O7S/c1-17-6-9-21(25(26(17)44(40)41)42-20-12-14-36(15-13-20)29(39)43-30(3,4)5)27(37)34-22-10-7-18(2)33-24(22)28(38)35-23-11-8-19(31)16-32-23/h6-11,16,20,25H,12-15H2,1-5H3,(H,34,37)(H,32,35,38). The minimum atomic E-state index is -2.69. The van der Waals surface area contributed by atoms with Crippen LogP contribution in [0.1, 0.15) is 56.7 Å². The number of pyridine rings is 2. The van der Waals surface area contributed by atoms with E-state index in [1.54, 1.807) is 51.7 Å². The van der Waals surface area contributed by atoms with Crippen LogP contribution < -0.4 is 10.6 Å². The van der Waals surface area contributed by atoms with Gasteiger partial charge in [0.05, 0.1) is 22.4 Å². The SMILES string of the molecule is CC1=CC=C(C(=O)Nc2ccc(C)nc2C(=O)Nc2ccc(Cl)cn2)C(OC2CCN(C(=O)OC(C)(C)C)CC2)C1=S(=O)=O. The smallest absolute Gasteiger partial charge is 0.410 e. The lowest BCUT2D eigenvalue weighted by Gasteiger charge is -2.35. The molecule has 1 unspecified atom stereocenters. The highest BCUT2D eigenvalue weighted by atomic mass is 35.5. The van der Waals surface area contributed by atoms with E-state index in [4.69, 9.17) is 21.1 Å². The van der Waals surface area contributed by atoms with Crippen molar-refractivity contribution in [2.75, 3.05) is 23.7 Å². The number of nitrogens with one attached hydrogen (secondary N) is 2. The maximum Gasteiger partial charge on any atom is 0.410 e. The zero-order valence-electron chi connectivity index (χ0n) is 25.0. The molecule has 44 heavy (non-hydrogen) atoms. The number of hydrogen-bond acceptors (Lipinski definition) is 9. The molecule has 0 aromatic carbocycles. The minimum absolute atomic E-state index is 0.0377. The molecule has 0 saturated carbocycles. The number of likely N-dealkylation sites (tertiary alicyclic amines) is 1. The normalized spacial score (nSPS) is 17.4. The average molecular weight is 644 g/mol.